The van der Waals surface area contributed by atoms with E-state index in [9.17, 15) is 53.1 Å². The third kappa shape index (κ3) is 15.6. The van der Waals surface area contributed by atoms with Crippen molar-refractivity contribution in [2.45, 2.75) is 161 Å². The lowest BCUT2D eigenvalue weighted by Crippen LogP contribution is -2.68. The molecule has 0 radical (unpaired) electrons. The topological polar surface area (TPSA) is 329 Å². The van der Waals surface area contributed by atoms with Crippen molar-refractivity contribution < 1.29 is 124 Å². The van der Waals surface area contributed by atoms with E-state index < -0.39 is 172 Å². The highest BCUT2D eigenvalue weighted by molar-refractivity contribution is 5.70. The summed E-state index contributed by atoms with van der Waals surface area (Å²) >= 11 is 0. The van der Waals surface area contributed by atoms with E-state index in [4.69, 9.17) is 71.1 Å². The van der Waals surface area contributed by atoms with E-state index in [1.165, 1.54) is 0 Å². The number of hydrogen-bond acceptors (Lipinski definition) is 26. The van der Waals surface area contributed by atoms with Gasteiger partial charge in [0.15, 0.2) is 61.6 Å². The van der Waals surface area contributed by atoms with E-state index in [2.05, 4.69) is 0 Å². The number of aliphatic hydroxyl groups is 1. The number of hydrogen-bond donors (Lipinski definition) is 1. The van der Waals surface area contributed by atoms with E-state index in [-0.39, 0.29) is 0 Å². The maximum atomic E-state index is 12.9. The summed E-state index contributed by atoms with van der Waals surface area (Å²) in [5.74, 6) is -9.61. The molecule has 3 fully saturated rings. The molecule has 3 saturated heterocycles. The summed E-state index contributed by atoms with van der Waals surface area (Å²) in [7, 11) is 0. The molecule has 0 spiro atoms. The van der Waals surface area contributed by atoms with Crippen molar-refractivity contribution in [3.63, 3.8) is 0 Å². The molecule has 360 valence electrons. The van der Waals surface area contributed by atoms with Crippen LogP contribution in [-0.2, 0) is 119 Å². The number of aliphatic hydroxyl groups excluding tert-OH is 1. The van der Waals surface area contributed by atoms with Gasteiger partial charge in [-0.1, -0.05) is 0 Å². The fourth-order valence-electron chi connectivity index (χ4n) is 6.77. The van der Waals surface area contributed by atoms with Crippen LogP contribution in [0, 0.1) is 0 Å². The molecular formula is C38H52O26. The quantitative estimate of drug-likeness (QED) is 0.123. The van der Waals surface area contributed by atoms with Crippen LogP contribution in [0.3, 0.4) is 0 Å². The standard InChI is InChI=1S/C38H52O26/c1-14(39)50-11-24-28(30(54-18(5)43)33(36(49)60-24)57-21(8)46)63-38-35(59-23(10)48)32(56-20(7)45)29(26(62-38)13-52-16(3)41)64-37-34(58-22(9)47)31(55-19(6)44)27(53-17(4)42)25(61-37)12-51-15(2)40/h24-38,49H,11-13H2,1-10H3/t24-,25-,26-,27-,28-,29-,30+,31+,32+,33-,34-,35-,36-,37+,38+/m1/s1. The zero-order chi connectivity index (χ0) is 48.2. The van der Waals surface area contributed by atoms with Gasteiger partial charge in [-0.05, 0) is 0 Å². The fourth-order valence-corrected chi connectivity index (χ4v) is 6.77. The van der Waals surface area contributed by atoms with Crippen LogP contribution in [-0.4, -0.2) is 177 Å². The van der Waals surface area contributed by atoms with Crippen molar-refractivity contribution in [1.29, 1.82) is 0 Å². The first kappa shape index (κ1) is 52.8. The predicted molar refractivity (Wildman–Crippen MR) is 197 cm³/mol. The lowest BCUT2D eigenvalue weighted by Gasteiger charge is -2.50. The summed E-state index contributed by atoms with van der Waals surface area (Å²) in [5.41, 5.74) is 0. The van der Waals surface area contributed by atoms with Crippen molar-refractivity contribution in [1.82, 2.24) is 0 Å². The molecule has 3 heterocycles. The Balaban J connectivity index is 2.28. The van der Waals surface area contributed by atoms with Gasteiger partial charge in [0.25, 0.3) is 0 Å². The predicted octanol–water partition coefficient (Wildman–Crippen LogP) is -1.86. The summed E-state index contributed by atoms with van der Waals surface area (Å²) < 4.78 is 84.2. The molecule has 0 aromatic heterocycles. The Kier molecular flexibility index (Phi) is 19.8. The Hall–Kier alpha value is -5.54. The van der Waals surface area contributed by atoms with Gasteiger partial charge in [-0.15, -0.1) is 0 Å². The summed E-state index contributed by atoms with van der Waals surface area (Å²) in [4.78, 5) is 124. The fraction of sp³-hybridized carbons (Fsp3) is 0.737. The van der Waals surface area contributed by atoms with Crippen molar-refractivity contribution in [3.05, 3.63) is 0 Å². The number of carbonyl (C=O) groups is 10. The van der Waals surface area contributed by atoms with E-state index >= 15 is 0 Å². The normalized spacial score (nSPS) is 32.3. The molecule has 0 aromatic rings. The molecule has 0 aromatic carbocycles. The lowest BCUT2D eigenvalue weighted by atomic mass is 9.95. The molecule has 3 aliphatic heterocycles. The molecule has 3 aliphatic rings. The van der Waals surface area contributed by atoms with Crippen LogP contribution in [0.1, 0.15) is 69.2 Å². The van der Waals surface area contributed by atoms with Crippen LogP contribution >= 0.6 is 0 Å². The van der Waals surface area contributed by atoms with Crippen LogP contribution < -0.4 is 0 Å². The second kappa shape index (κ2) is 23.9. The van der Waals surface area contributed by atoms with Gasteiger partial charge in [0.2, 0.25) is 0 Å². The molecule has 26 heteroatoms. The number of esters is 10. The Morgan fingerprint density at radius 3 is 0.906 bits per heavy atom. The SMILES string of the molecule is CC(=O)OC[C@H]1O[C@@H](O)[C@H](OC(C)=O)[C@@H](OC(C)=O)[C@@H]1O[C@@H]1O[C@H](COC(C)=O)[C@@H](O[C@@H]2O[C@H](COC(C)=O)[C@@H](OC(C)=O)[C@H](OC(C)=O)[C@H]2OC(C)=O)[C@H](OC(C)=O)[C@H]1OC(C)=O. The highest BCUT2D eigenvalue weighted by Gasteiger charge is 2.59. The van der Waals surface area contributed by atoms with E-state index in [1.54, 1.807) is 0 Å². The Morgan fingerprint density at radius 2 is 0.578 bits per heavy atom. The molecule has 0 amide bonds. The van der Waals surface area contributed by atoms with Crippen LogP contribution in [0.2, 0.25) is 0 Å². The van der Waals surface area contributed by atoms with Gasteiger partial charge in [0.05, 0.1) is 0 Å². The van der Waals surface area contributed by atoms with Gasteiger partial charge in [-0.25, -0.2) is 0 Å². The van der Waals surface area contributed by atoms with Crippen molar-refractivity contribution in [3.8, 4) is 0 Å². The second-order valence-electron chi connectivity index (χ2n) is 14.3. The zero-order valence-corrected chi connectivity index (χ0v) is 36.4. The van der Waals surface area contributed by atoms with Gasteiger partial charge in [0, 0.05) is 69.2 Å². The van der Waals surface area contributed by atoms with E-state index in [0.29, 0.717) is 0 Å². The molecule has 0 saturated carbocycles. The van der Waals surface area contributed by atoms with Gasteiger partial charge in [0.1, 0.15) is 50.3 Å². The third-order valence-corrected chi connectivity index (χ3v) is 8.84. The Bertz CT molecular complexity index is 1730. The molecular weight excluding hydrogens is 872 g/mol. The molecule has 0 unspecified atom stereocenters. The van der Waals surface area contributed by atoms with Crippen LogP contribution in [0.5, 0.6) is 0 Å². The zero-order valence-electron chi connectivity index (χ0n) is 36.4. The molecule has 64 heavy (non-hydrogen) atoms. The van der Waals surface area contributed by atoms with Crippen molar-refractivity contribution in [2.24, 2.45) is 0 Å². The monoisotopic (exact) mass is 924 g/mol. The lowest BCUT2D eigenvalue weighted by molar-refractivity contribution is -0.378. The Labute approximate surface area is 364 Å². The third-order valence-electron chi connectivity index (χ3n) is 8.84. The minimum absolute atomic E-state index is 0.681. The molecule has 0 aliphatic carbocycles. The van der Waals surface area contributed by atoms with Crippen LogP contribution in [0.15, 0.2) is 0 Å². The first-order valence-electron chi connectivity index (χ1n) is 19.4. The van der Waals surface area contributed by atoms with E-state index in [1.807, 2.05) is 0 Å². The number of ether oxygens (including phenoxy) is 15. The van der Waals surface area contributed by atoms with Crippen molar-refractivity contribution in [2.75, 3.05) is 19.8 Å². The number of carbonyl (C=O) groups excluding carboxylic acids is 10. The molecule has 0 bridgehead atoms. The number of rotatable bonds is 17. The van der Waals surface area contributed by atoms with Gasteiger partial charge in [-0.2, -0.15) is 0 Å². The van der Waals surface area contributed by atoms with Crippen molar-refractivity contribution >= 4 is 59.7 Å². The highest BCUT2D eigenvalue weighted by Crippen LogP contribution is 2.38. The Morgan fingerprint density at radius 1 is 0.328 bits per heavy atom. The minimum Gasteiger partial charge on any atom is -0.463 e. The largest absolute Gasteiger partial charge is 0.463 e. The molecule has 3 rings (SSSR count). The average molecular weight is 925 g/mol. The van der Waals surface area contributed by atoms with Crippen LogP contribution in [0.4, 0.5) is 0 Å². The summed E-state index contributed by atoms with van der Waals surface area (Å²) in [6, 6.07) is 0. The molecule has 15 atom stereocenters. The van der Waals surface area contributed by atoms with Gasteiger partial charge in [-0.3, -0.25) is 47.9 Å². The average Bonchev–Trinajstić information content (AvgIpc) is 3.15. The van der Waals surface area contributed by atoms with Crippen LogP contribution in [0.25, 0.3) is 0 Å². The summed E-state index contributed by atoms with van der Waals surface area (Å²) in [6.45, 7) is 7.65. The summed E-state index contributed by atoms with van der Waals surface area (Å²) in [6.07, 6.45) is -27.2. The first-order chi connectivity index (χ1) is 29.9. The minimum atomic E-state index is -2.02. The maximum absolute atomic E-state index is 12.9. The molecule has 26 nitrogen and oxygen atoms in total. The second-order valence-corrected chi connectivity index (χ2v) is 14.3. The maximum Gasteiger partial charge on any atom is 0.303 e. The smallest absolute Gasteiger partial charge is 0.303 e. The first-order valence-corrected chi connectivity index (χ1v) is 19.4. The van der Waals surface area contributed by atoms with Gasteiger partial charge >= 0.3 is 59.7 Å². The summed E-state index contributed by atoms with van der Waals surface area (Å²) in [5, 5.41) is 10.9. The molecule has 1 N–H and O–H groups in total. The van der Waals surface area contributed by atoms with E-state index in [0.717, 1.165) is 69.2 Å². The highest BCUT2D eigenvalue weighted by atomic mass is 16.8. The van der Waals surface area contributed by atoms with Gasteiger partial charge < -0.3 is 76.2 Å².